The predicted octanol–water partition coefficient (Wildman–Crippen LogP) is 3.15. The molecule has 114 valence electrons. The first kappa shape index (κ1) is 17.7. The SMILES string of the molecule is CCCCCNC(=S)NNC(=O)/C=C/c1ccc(Br)cc1. The van der Waals surface area contributed by atoms with E-state index in [0.717, 1.165) is 29.4 Å². The minimum Gasteiger partial charge on any atom is -0.361 e. The lowest BCUT2D eigenvalue weighted by Gasteiger charge is -2.09. The number of unbranched alkanes of at least 4 members (excludes halogenated alkanes) is 2. The van der Waals surface area contributed by atoms with Crippen LogP contribution in [0.15, 0.2) is 34.8 Å². The van der Waals surface area contributed by atoms with Gasteiger partial charge in [-0.1, -0.05) is 47.8 Å². The zero-order chi connectivity index (χ0) is 15.5. The van der Waals surface area contributed by atoms with Crippen molar-refractivity contribution in [1.82, 2.24) is 16.2 Å². The summed E-state index contributed by atoms with van der Waals surface area (Å²) in [6.45, 7) is 2.96. The lowest BCUT2D eigenvalue weighted by molar-refractivity contribution is -0.116. The Morgan fingerprint density at radius 1 is 1.24 bits per heavy atom. The molecule has 4 nitrogen and oxygen atoms in total. The molecule has 21 heavy (non-hydrogen) atoms. The summed E-state index contributed by atoms with van der Waals surface area (Å²) in [5.74, 6) is -0.254. The third kappa shape index (κ3) is 8.47. The standard InChI is InChI=1S/C15H20BrN3OS/c1-2-3-4-11-17-15(21)19-18-14(20)10-7-12-5-8-13(16)9-6-12/h5-10H,2-4,11H2,1H3,(H,18,20)(H2,17,19,21)/b10-7+. The number of hydrazine groups is 1. The van der Waals surface area contributed by atoms with E-state index in [1.54, 1.807) is 6.08 Å². The van der Waals surface area contributed by atoms with Crippen molar-refractivity contribution >= 4 is 45.2 Å². The maximum absolute atomic E-state index is 11.6. The molecule has 0 aliphatic rings. The summed E-state index contributed by atoms with van der Waals surface area (Å²) in [6, 6.07) is 7.68. The van der Waals surface area contributed by atoms with Crippen molar-refractivity contribution in [3.63, 3.8) is 0 Å². The summed E-state index contributed by atoms with van der Waals surface area (Å²) in [5.41, 5.74) is 6.14. The van der Waals surface area contributed by atoms with E-state index >= 15 is 0 Å². The van der Waals surface area contributed by atoms with Gasteiger partial charge in [0.25, 0.3) is 5.91 Å². The molecule has 1 amide bonds. The molecule has 0 unspecified atom stereocenters. The van der Waals surface area contributed by atoms with Crippen molar-refractivity contribution in [1.29, 1.82) is 0 Å². The van der Waals surface area contributed by atoms with Crippen LogP contribution in [0.4, 0.5) is 0 Å². The Hall–Kier alpha value is -1.40. The van der Waals surface area contributed by atoms with Gasteiger partial charge in [-0.15, -0.1) is 0 Å². The maximum Gasteiger partial charge on any atom is 0.262 e. The Balaban J connectivity index is 2.24. The van der Waals surface area contributed by atoms with Gasteiger partial charge < -0.3 is 5.32 Å². The van der Waals surface area contributed by atoms with Crippen molar-refractivity contribution in [3.05, 3.63) is 40.4 Å². The van der Waals surface area contributed by atoms with E-state index in [1.807, 2.05) is 24.3 Å². The van der Waals surface area contributed by atoms with Gasteiger partial charge in [0.2, 0.25) is 0 Å². The average molecular weight is 370 g/mol. The van der Waals surface area contributed by atoms with Crippen LogP contribution in [0, 0.1) is 0 Å². The quantitative estimate of drug-likeness (QED) is 0.312. The summed E-state index contributed by atoms with van der Waals surface area (Å²) >= 11 is 8.41. The van der Waals surface area contributed by atoms with Gasteiger partial charge in [0, 0.05) is 17.1 Å². The highest BCUT2D eigenvalue weighted by Crippen LogP contribution is 2.11. The number of halogens is 1. The van der Waals surface area contributed by atoms with E-state index in [1.165, 1.54) is 12.5 Å². The third-order valence-corrected chi connectivity index (χ3v) is 3.44. The molecule has 0 aliphatic heterocycles. The number of amides is 1. The number of nitrogens with one attached hydrogen (secondary N) is 3. The molecule has 0 bridgehead atoms. The van der Waals surface area contributed by atoms with Crippen molar-refractivity contribution in [2.24, 2.45) is 0 Å². The molecule has 0 saturated carbocycles. The van der Waals surface area contributed by atoms with Crippen molar-refractivity contribution in [2.75, 3.05) is 6.54 Å². The van der Waals surface area contributed by atoms with Crippen LogP contribution < -0.4 is 16.2 Å². The molecule has 0 heterocycles. The molecule has 1 aromatic carbocycles. The van der Waals surface area contributed by atoms with Gasteiger partial charge in [-0.2, -0.15) is 0 Å². The van der Waals surface area contributed by atoms with Gasteiger partial charge >= 0.3 is 0 Å². The lowest BCUT2D eigenvalue weighted by Crippen LogP contribution is -2.46. The molecular formula is C15H20BrN3OS. The largest absolute Gasteiger partial charge is 0.361 e. The Kier molecular flexibility index (Phi) is 8.69. The molecule has 0 saturated heterocycles. The molecule has 0 spiro atoms. The number of thiocarbonyl (C=S) groups is 1. The van der Waals surface area contributed by atoms with Crippen LogP contribution in [0.1, 0.15) is 31.7 Å². The normalized spacial score (nSPS) is 10.4. The first-order valence-electron chi connectivity index (χ1n) is 6.89. The Bertz CT molecular complexity index is 488. The zero-order valence-corrected chi connectivity index (χ0v) is 14.4. The number of benzene rings is 1. The molecule has 6 heteroatoms. The van der Waals surface area contributed by atoms with Crippen LogP contribution in [0.25, 0.3) is 6.08 Å². The first-order valence-corrected chi connectivity index (χ1v) is 8.09. The maximum atomic E-state index is 11.6. The second-order valence-electron chi connectivity index (χ2n) is 4.46. The number of hydrogen-bond donors (Lipinski definition) is 3. The second kappa shape index (κ2) is 10.3. The van der Waals surface area contributed by atoms with E-state index in [-0.39, 0.29) is 5.91 Å². The van der Waals surface area contributed by atoms with Gasteiger partial charge in [-0.25, -0.2) is 0 Å². The third-order valence-electron chi connectivity index (χ3n) is 2.66. The topological polar surface area (TPSA) is 53.2 Å². The Morgan fingerprint density at radius 2 is 1.95 bits per heavy atom. The van der Waals surface area contributed by atoms with Crippen LogP contribution in [0.2, 0.25) is 0 Å². The highest BCUT2D eigenvalue weighted by Gasteiger charge is 1.97. The van der Waals surface area contributed by atoms with E-state index in [2.05, 4.69) is 39.0 Å². The molecule has 1 rings (SSSR count). The number of carbonyl (C=O) groups excluding carboxylic acids is 1. The summed E-state index contributed by atoms with van der Waals surface area (Å²) in [7, 11) is 0. The smallest absolute Gasteiger partial charge is 0.262 e. The van der Waals surface area contributed by atoms with Crippen LogP contribution in [0.5, 0.6) is 0 Å². The number of hydrogen-bond acceptors (Lipinski definition) is 2. The second-order valence-corrected chi connectivity index (χ2v) is 5.79. The molecule has 0 atom stereocenters. The Labute approximate surface area is 139 Å². The van der Waals surface area contributed by atoms with Gasteiger partial charge in [0.15, 0.2) is 5.11 Å². The molecule has 0 radical (unpaired) electrons. The fraction of sp³-hybridized carbons (Fsp3) is 0.333. The van der Waals surface area contributed by atoms with Gasteiger partial charge in [-0.05, 0) is 42.4 Å². The van der Waals surface area contributed by atoms with Crippen molar-refractivity contribution in [2.45, 2.75) is 26.2 Å². The molecular weight excluding hydrogens is 350 g/mol. The van der Waals surface area contributed by atoms with Gasteiger partial charge in [-0.3, -0.25) is 15.6 Å². The summed E-state index contributed by atoms with van der Waals surface area (Å²) in [6.07, 6.45) is 6.59. The molecule has 1 aromatic rings. The summed E-state index contributed by atoms with van der Waals surface area (Å²) in [5, 5.41) is 3.46. The van der Waals surface area contributed by atoms with Crippen molar-refractivity contribution < 1.29 is 4.79 Å². The van der Waals surface area contributed by atoms with Gasteiger partial charge in [0.05, 0.1) is 0 Å². The molecule has 0 aromatic heterocycles. The molecule has 3 N–H and O–H groups in total. The van der Waals surface area contributed by atoms with Crippen LogP contribution in [-0.4, -0.2) is 17.6 Å². The van der Waals surface area contributed by atoms with E-state index < -0.39 is 0 Å². The fourth-order valence-electron chi connectivity index (χ4n) is 1.53. The zero-order valence-electron chi connectivity index (χ0n) is 12.0. The van der Waals surface area contributed by atoms with E-state index in [4.69, 9.17) is 12.2 Å². The summed E-state index contributed by atoms with van der Waals surface area (Å²) < 4.78 is 1.00. The predicted molar refractivity (Wildman–Crippen MR) is 94.6 cm³/mol. The van der Waals surface area contributed by atoms with Gasteiger partial charge in [0.1, 0.15) is 0 Å². The van der Waals surface area contributed by atoms with E-state index in [0.29, 0.717) is 5.11 Å². The number of carbonyl (C=O) groups is 1. The average Bonchev–Trinajstić information content (AvgIpc) is 2.49. The highest BCUT2D eigenvalue weighted by atomic mass is 79.9. The lowest BCUT2D eigenvalue weighted by atomic mass is 10.2. The fourth-order valence-corrected chi connectivity index (χ4v) is 1.94. The summed E-state index contributed by atoms with van der Waals surface area (Å²) in [4.78, 5) is 11.6. The molecule has 0 fully saturated rings. The van der Waals surface area contributed by atoms with Crippen LogP contribution in [0.3, 0.4) is 0 Å². The van der Waals surface area contributed by atoms with E-state index in [9.17, 15) is 4.79 Å². The monoisotopic (exact) mass is 369 g/mol. The Morgan fingerprint density at radius 3 is 2.62 bits per heavy atom. The number of rotatable bonds is 6. The van der Waals surface area contributed by atoms with Crippen LogP contribution in [-0.2, 0) is 4.79 Å². The van der Waals surface area contributed by atoms with Crippen molar-refractivity contribution in [3.8, 4) is 0 Å². The van der Waals surface area contributed by atoms with Crippen LogP contribution >= 0.6 is 28.1 Å². The minimum absolute atomic E-state index is 0.254. The molecule has 0 aliphatic carbocycles. The highest BCUT2D eigenvalue weighted by molar-refractivity contribution is 9.10. The minimum atomic E-state index is -0.254. The first-order chi connectivity index (χ1) is 10.1.